The maximum atomic E-state index is 12.9. The molecule has 0 aliphatic heterocycles. The van der Waals surface area contributed by atoms with Crippen molar-refractivity contribution < 1.29 is 12.8 Å². The summed E-state index contributed by atoms with van der Waals surface area (Å²) in [5.41, 5.74) is 0. The van der Waals surface area contributed by atoms with Crippen LogP contribution in [0, 0.1) is 18.2 Å². The first-order valence-electron chi connectivity index (χ1n) is 5.31. The van der Waals surface area contributed by atoms with Gasteiger partial charge < -0.3 is 0 Å². The number of hydrogen-bond acceptors (Lipinski definition) is 2. The highest BCUT2D eigenvalue weighted by molar-refractivity contribution is 9.10. The zero-order chi connectivity index (χ0) is 13.8. The van der Waals surface area contributed by atoms with E-state index in [0.29, 0.717) is 12.8 Å². The second-order valence-electron chi connectivity index (χ2n) is 3.71. The average molecular weight is 334 g/mol. The van der Waals surface area contributed by atoms with E-state index in [1.807, 2.05) is 6.92 Å². The van der Waals surface area contributed by atoms with Gasteiger partial charge in [-0.3, -0.25) is 0 Å². The van der Waals surface area contributed by atoms with Crippen molar-refractivity contribution in [2.75, 3.05) is 0 Å². The molecule has 1 rings (SSSR count). The number of sulfonamides is 1. The van der Waals surface area contributed by atoms with Gasteiger partial charge in [0, 0.05) is 16.9 Å². The lowest BCUT2D eigenvalue weighted by atomic mass is 10.2. The van der Waals surface area contributed by atoms with Gasteiger partial charge in [0.15, 0.2) is 0 Å². The first kappa shape index (κ1) is 15.2. The van der Waals surface area contributed by atoms with Crippen molar-refractivity contribution in [3.63, 3.8) is 0 Å². The van der Waals surface area contributed by atoms with Crippen molar-refractivity contribution in [3.05, 3.63) is 28.5 Å². The molecule has 0 aliphatic carbocycles. The fourth-order valence-electron chi connectivity index (χ4n) is 1.39. The Balaban J connectivity index is 3.03. The molecule has 6 heteroatoms. The van der Waals surface area contributed by atoms with Gasteiger partial charge in [0.25, 0.3) is 0 Å². The third-order valence-corrected chi connectivity index (χ3v) is 4.86. The van der Waals surface area contributed by atoms with Crippen LogP contribution in [0.25, 0.3) is 0 Å². The minimum Gasteiger partial charge on any atom is -0.207 e. The number of nitrogens with one attached hydrogen (secondary N) is 1. The Morgan fingerprint density at radius 3 is 2.72 bits per heavy atom. The van der Waals surface area contributed by atoms with Crippen molar-refractivity contribution in [1.29, 1.82) is 0 Å². The molecule has 0 radical (unpaired) electrons. The van der Waals surface area contributed by atoms with E-state index in [9.17, 15) is 12.8 Å². The maximum absolute atomic E-state index is 12.9. The van der Waals surface area contributed by atoms with Crippen LogP contribution in [0.1, 0.15) is 19.8 Å². The third-order valence-electron chi connectivity index (χ3n) is 2.36. The van der Waals surface area contributed by atoms with Crippen molar-refractivity contribution >= 4 is 26.0 Å². The van der Waals surface area contributed by atoms with Crippen molar-refractivity contribution in [1.82, 2.24) is 4.72 Å². The smallest absolute Gasteiger partial charge is 0.207 e. The average Bonchev–Trinajstić information content (AvgIpc) is 2.27. The highest BCUT2D eigenvalue weighted by Gasteiger charge is 2.21. The van der Waals surface area contributed by atoms with E-state index in [1.165, 1.54) is 6.07 Å². The van der Waals surface area contributed by atoms with Crippen LogP contribution < -0.4 is 4.72 Å². The van der Waals surface area contributed by atoms with E-state index in [4.69, 9.17) is 6.42 Å². The number of benzene rings is 1. The summed E-state index contributed by atoms with van der Waals surface area (Å²) in [4.78, 5) is -0.000582. The van der Waals surface area contributed by atoms with E-state index < -0.39 is 15.8 Å². The van der Waals surface area contributed by atoms with Gasteiger partial charge in [-0.1, -0.05) is 6.92 Å². The van der Waals surface area contributed by atoms with Gasteiger partial charge in [-0.15, -0.1) is 12.3 Å². The predicted octanol–water partition coefficient (Wildman–Crippen LogP) is 2.67. The molecule has 1 N–H and O–H groups in total. The minimum atomic E-state index is -3.70. The van der Waals surface area contributed by atoms with Crippen molar-refractivity contribution in [2.24, 2.45) is 0 Å². The van der Waals surface area contributed by atoms with Crippen LogP contribution in [0.15, 0.2) is 27.6 Å². The quantitative estimate of drug-likeness (QED) is 0.842. The Morgan fingerprint density at radius 2 is 2.22 bits per heavy atom. The van der Waals surface area contributed by atoms with Crippen LogP contribution in [0.3, 0.4) is 0 Å². The SMILES string of the molecule is C#CCC(CC)NS(=O)(=O)c1ccc(F)cc1Br. The van der Waals surface area contributed by atoms with Gasteiger partial charge in [-0.2, -0.15) is 0 Å². The largest absolute Gasteiger partial charge is 0.241 e. The van der Waals surface area contributed by atoms with Gasteiger partial charge in [-0.05, 0) is 40.5 Å². The molecule has 1 atom stereocenters. The summed E-state index contributed by atoms with van der Waals surface area (Å²) in [5.74, 6) is 1.91. The molecule has 0 aromatic heterocycles. The van der Waals surface area contributed by atoms with Crippen LogP contribution >= 0.6 is 15.9 Å². The molecule has 0 spiro atoms. The second kappa shape index (κ2) is 6.32. The van der Waals surface area contributed by atoms with E-state index in [1.54, 1.807) is 0 Å². The summed E-state index contributed by atoms with van der Waals surface area (Å²) < 4.78 is 39.7. The molecule has 0 fully saturated rings. The molecule has 0 saturated carbocycles. The molecule has 0 amide bonds. The molecule has 0 saturated heterocycles. The molecule has 1 aromatic rings. The van der Waals surface area contributed by atoms with E-state index in [-0.39, 0.29) is 15.4 Å². The second-order valence-corrected chi connectivity index (χ2v) is 6.25. The number of hydrogen-bond donors (Lipinski definition) is 1. The molecule has 18 heavy (non-hydrogen) atoms. The van der Waals surface area contributed by atoms with Crippen LogP contribution in [0.4, 0.5) is 4.39 Å². The normalized spacial score (nSPS) is 13.0. The molecular weight excluding hydrogens is 321 g/mol. The molecule has 0 bridgehead atoms. The summed E-state index contributed by atoms with van der Waals surface area (Å²) in [6.07, 6.45) is 6.07. The zero-order valence-electron chi connectivity index (χ0n) is 9.78. The Labute approximate surface area is 115 Å². The summed E-state index contributed by atoms with van der Waals surface area (Å²) in [6, 6.07) is 3.10. The predicted molar refractivity (Wildman–Crippen MR) is 72.0 cm³/mol. The van der Waals surface area contributed by atoms with Gasteiger partial charge in [0.1, 0.15) is 5.82 Å². The van der Waals surface area contributed by atoms with Crippen LogP contribution in [0.2, 0.25) is 0 Å². The fourth-order valence-corrected chi connectivity index (χ4v) is 3.76. The maximum Gasteiger partial charge on any atom is 0.241 e. The Morgan fingerprint density at radius 1 is 1.56 bits per heavy atom. The van der Waals surface area contributed by atoms with Crippen LogP contribution in [-0.4, -0.2) is 14.5 Å². The summed E-state index contributed by atoms with van der Waals surface area (Å²) >= 11 is 3.03. The van der Waals surface area contributed by atoms with Crippen LogP contribution in [-0.2, 0) is 10.0 Å². The van der Waals surface area contributed by atoms with Gasteiger partial charge in [-0.25, -0.2) is 17.5 Å². The highest BCUT2D eigenvalue weighted by Crippen LogP contribution is 2.23. The lowest BCUT2D eigenvalue weighted by molar-refractivity contribution is 0.543. The molecule has 98 valence electrons. The molecule has 1 aromatic carbocycles. The van der Waals surface area contributed by atoms with Crippen LogP contribution in [0.5, 0.6) is 0 Å². The first-order valence-corrected chi connectivity index (χ1v) is 7.59. The van der Waals surface area contributed by atoms with Gasteiger partial charge in [0.2, 0.25) is 10.0 Å². The van der Waals surface area contributed by atoms with E-state index in [2.05, 4.69) is 26.6 Å². The standard InChI is InChI=1S/C12H13BrFNO2S/c1-3-5-10(4-2)15-18(16,17)12-7-6-9(14)8-11(12)13/h1,6-8,10,15H,4-5H2,2H3. The highest BCUT2D eigenvalue weighted by atomic mass is 79.9. The monoisotopic (exact) mass is 333 g/mol. The van der Waals surface area contributed by atoms with Crippen molar-refractivity contribution in [3.8, 4) is 12.3 Å². The molecular formula is C12H13BrFNO2S. The minimum absolute atomic E-state index is 0.000582. The lowest BCUT2D eigenvalue weighted by Crippen LogP contribution is -2.34. The summed E-state index contributed by atoms with van der Waals surface area (Å²) in [7, 11) is -3.70. The number of halogens is 2. The van der Waals surface area contributed by atoms with E-state index >= 15 is 0 Å². The molecule has 3 nitrogen and oxygen atoms in total. The van der Waals surface area contributed by atoms with E-state index in [0.717, 1.165) is 12.1 Å². The number of rotatable bonds is 5. The van der Waals surface area contributed by atoms with Crippen molar-refractivity contribution in [2.45, 2.75) is 30.7 Å². The van der Waals surface area contributed by atoms with Gasteiger partial charge in [0.05, 0.1) is 4.90 Å². The topological polar surface area (TPSA) is 46.2 Å². The Hall–Kier alpha value is -0.900. The fraction of sp³-hybridized carbons (Fsp3) is 0.333. The van der Waals surface area contributed by atoms with Gasteiger partial charge >= 0.3 is 0 Å². The summed E-state index contributed by atoms with van der Waals surface area (Å²) in [6.45, 7) is 1.84. The molecule has 0 aliphatic rings. The number of terminal acetylenes is 1. The Kier molecular flexibility index (Phi) is 5.32. The zero-order valence-corrected chi connectivity index (χ0v) is 12.2. The molecule has 1 unspecified atom stereocenters. The first-order chi connectivity index (χ1) is 8.40. The third kappa shape index (κ3) is 3.80. The Bertz CT molecular complexity index is 566. The molecule has 0 heterocycles. The lowest BCUT2D eigenvalue weighted by Gasteiger charge is -2.15. The summed E-state index contributed by atoms with van der Waals surface area (Å²) in [5, 5.41) is 0.